The third-order valence-electron chi connectivity index (χ3n) is 7.76. The number of carbonyl (C=O) groups is 1. The molecule has 0 radical (unpaired) electrons. The average Bonchev–Trinajstić information content (AvgIpc) is 3.74. The minimum absolute atomic E-state index is 0.0778. The Kier molecular flexibility index (Phi) is 7.18. The topological polar surface area (TPSA) is 65.2 Å². The Morgan fingerprint density at radius 3 is 2.34 bits per heavy atom. The van der Waals surface area contributed by atoms with E-state index in [0.29, 0.717) is 24.4 Å². The van der Waals surface area contributed by atoms with Gasteiger partial charge in [-0.3, -0.25) is 9.78 Å². The van der Waals surface area contributed by atoms with E-state index in [4.69, 9.17) is 20.9 Å². The smallest absolute Gasteiger partial charge is 0.316 e. The van der Waals surface area contributed by atoms with Crippen LogP contribution < -0.4 is 0 Å². The molecule has 0 unspecified atom stereocenters. The van der Waals surface area contributed by atoms with E-state index in [9.17, 15) is 9.18 Å². The molecule has 0 bridgehead atoms. The first-order valence-electron chi connectivity index (χ1n) is 13.6. The number of hydrogen-bond acceptors (Lipinski definition) is 5. The van der Waals surface area contributed by atoms with Gasteiger partial charge in [-0.2, -0.15) is 0 Å². The highest BCUT2D eigenvalue weighted by Gasteiger charge is 2.52. The molecule has 1 aliphatic carbocycles. The highest BCUT2D eigenvalue weighted by Crippen LogP contribution is 2.49. The molecule has 0 spiro atoms. The molecule has 0 atom stereocenters. The molecule has 0 amide bonds. The minimum atomic E-state index is -0.475. The standard InChI is InChI=1S/C34H28ClFN2O3/c1-3-40-33(39)34(15-16-34)27-13-11-24(12-14-27)23-7-9-25(10-8-23)32-29(21(2)38-41-32)18-22-17-26(20-37-19-22)28-5-4-6-30(36)31(28)35/h4-14,17,19-20H,3,15-16,18H2,1-2H3. The Balaban J connectivity index is 1.22. The molecule has 206 valence electrons. The van der Waals surface area contributed by atoms with Gasteiger partial charge in [-0.15, -0.1) is 0 Å². The van der Waals surface area contributed by atoms with Crippen molar-refractivity contribution in [2.45, 2.75) is 38.5 Å². The summed E-state index contributed by atoms with van der Waals surface area (Å²) in [4.78, 5) is 16.8. The summed E-state index contributed by atoms with van der Waals surface area (Å²) in [5, 5.41) is 4.32. The van der Waals surface area contributed by atoms with E-state index in [1.807, 2.05) is 44.2 Å². The number of rotatable bonds is 8. The third kappa shape index (κ3) is 5.16. The maximum atomic E-state index is 14.0. The fourth-order valence-electron chi connectivity index (χ4n) is 5.29. The van der Waals surface area contributed by atoms with Gasteiger partial charge in [0.05, 0.1) is 22.7 Å². The van der Waals surface area contributed by atoms with E-state index in [0.717, 1.165) is 57.5 Å². The van der Waals surface area contributed by atoms with Crippen LogP contribution in [0.4, 0.5) is 4.39 Å². The normalized spacial score (nSPS) is 13.7. The Morgan fingerprint density at radius 1 is 0.976 bits per heavy atom. The molecule has 0 saturated heterocycles. The van der Waals surface area contributed by atoms with Crippen LogP contribution in [0.5, 0.6) is 0 Å². The number of hydrogen-bond donors (Lipinski definition) is 0. The van der Waals surface area contributed by atoms with Crippen molar-refractivity contribution < 1.29 is 18.4 Å². The van der Waals surface area contributed by atoms with Crippen LogP contribution in [0.15, 0.2) is 89.7 Å². The summed E-state index contributed by atoms with van der Waals surface area (Å²) in [6.45, 7) is 4.15. The number of ether oxygens (including phenoxy) is 1. The second kappa shape index (κ2) is 10.9. The van der Waals surface area contributed by atoms with Gasteiger partial charge >= 0.3 is 5.97 Å². The van der Waals surface area contributed by atoms with Gasteiger partial charge in [0.15, 0.2) is 5.76 Å². The zero-order valence-corrected chi connectivity index (χ0v) is 23.5. The summed E-state index contributed by atoms with van der Waals surface area (Å²) in [5.74, 6) is 0.105. The lowest BCUT2D eigenvalue weighted by atomic mass is 9.93. The molecule has 6 rings (SSSR count). The monoisotopic (exact) mass is 566 g/mol. The summed E-state index contributed by atoms with van der Waals surface area (Å²) in [6, 6.07) is 23.0. The molecule has 5 aromatic rings. The Hall–Kier alpha value is -4.29. The second-order valence-corrected chi connectivity index (χ2v) is 10.8. The largest absolute Gasteiger partial charge is 0.465 e. The van der Waals surface area contributed by atoms with Crippen molar-refractivity contribution in [1.82, 2.24) is 10.1 Å². The summed E-state index contributed by atoms with van der Waals surface area (Å²) in [6.07, 6.45) is 5.67. The summed E-state index contributed by atoms with van der Waals surface area (Å²) >= 11 is 6.22. The van der Waals surface area contributed by atoms with Gasteiger partial charge in [0.25, 0.3) is 0 Å². The molecule has 1 saturated carbocycles. The molecule has 1 aliphatic rings. The van der Waals surface area contributed by atoms with Crippen LogP contribution in [0.25, 0.3) is 33.6 Å². The maximum Gasteiger partial charge on any atom is 0.316 e. The highest BCUT2D eigenvalue weighted by molar-refractivity contribution is 6.33. The number of aromatic nitrogens is 2. The average molecular weight is 567 g/mol. The maximum absolute atomic E-state index is 14.0. The molecule has 3 aromatic carbocycles. The van der Waals surface area contributed by atoms with Crippen LogP contribution in [0.2, 0.25) is 5.02 Å². The van der Waals surface area contributed by atoms with E-state index in [-0.39, 0.29) is 11.0 Å². The highest BCUT2D eigenvalue weighted by atomic mass is 35.5. The lowest BCUT2D eigenvalue weighted by Gasteiger charge is -2.14. The van der Waals surface area contributed by atoms with Crippen LogP contribution in [-0.2, 0) is 21.4 Å². The zero-order valence-electron chi connectivity index (χ0n) is 22.8. The van der Waals surface area contributed by atoms with Crippen molar-refractivity contribution in [3.05, 3.63) is 118 Å². The molecule has 0 aliphatic heterocycles. The first-order chi connectivity index (χ1) is 19.9. The van der Waals surface area contributed by atoms with Crippen LogP contribution in [0, 0.1) is 12.7 Å². The van der Waals surface area contributed by atoms with Gasteiger partial charge in [-0.1, -0.05) is 77.4 Å². The summed E-state index contributed by atoms with van der Waals surface area (Å²) in [5.41, 5.74) is 7.60. The van der Waals surface area contributed by atoms with Crippen LogP contribution in [0.1, 0.15) is 42.1 Å². The van der Waals surface area contributed by atoms with Crippen molar-refractivity contribution in [3.63, 3.8) is 0 Å². The number of aryl methyl sites for hydroxylation is 1. The van der Waals surface area contributed by atoms with Crippen molar-refractivity contribution in [2.24, 2.45) is 0 Å². The number of carbonyl (C=O) groups excluding carboxylic acids is 1. The number of pyridine rings is 1. The number of esters is 1. The van der Waals surface area contributed by atoms with E-state index in [1.165, 1.54) is 6.07 Å². The molecule has 5 nitrogen and oxygen atoms in total. The van der Waals surface area contributed by atoms with Crippen molar-refractivity contribution in [2.75, 3.05) is 6.61 Å². The van der Waals surface area contributed by atoms with Gasteiger partial charge < -0.3 is 9.26 Å². The predicted octanol–water partition coefficient (Wildman–Crippen LogP) is 8.36. The van der Waals surface area contributed by atoms with Crippen LogP contribution in [-0.4, -0.2) is 22.7 Å². The molecule has 7 heteroatoms. The fourth-order valence-corrected chi connectivity index (χ4v) is 5.52. The molecular weight excluding hydrogens is 539 g/mol. The minimum Gasteiger partial charge on any atom is -0.465 e. The zero-order chi connectivity index (χ0) is 28.6. The molecule has 0 N–H and O–H groups in total. The Bertz CT molecular complexity index is 1720. The summed E-state index contributed by atoms with van der Waals surface area (Å²) < 4.78 is 25.1. The predicted molar refractivity (Wildman–Crippen MR) is 157 cm³/mol. The SMILES string of the molecule is CCOC(=O)C1(c2ccc(-c3ccc(-c4onc(C)c4Cc4cncc(-c5cccc(F)c5Cl)c4)cc3)cc2)CC1. The molecule has 1 fully saturated rings. The van der Waals surface area contributed by atoms with Crippen molar-refractivity contribution in [3.8, 4) is 33.6 Å². The lowest BCUT2D eigenvalue weighted by Crippen LogP contribution is -2.23. The quantitative estimate of drug-likeness (QED) is 0.177. The molecular formula is C34H28ClFN2O3. The van der Waals surface area contributed by atoms with E-state index < -0.39 is 11.2 Å². The number of nitrogens with zero attached hydrogens (tertiary/aromatic N) is 2. The molecule has 41 heavy (non-hydrogen) atoms. The van der Waals surface area contributed by atoms with Gasteiger partial charge in [0, 0.05) is 41.1 Å². The summed E-state index contributed by atoms with van der Waals surface area (Å²) in [7, 11) is 0. The van der Waals surface area contributed by atoms with E-state index in [2.05, 4.69) is 34.4 Å². The van der Waals surface area contributed by atoms with Crippen LogP contribution >= 0.6 is 11.6 Å². The molecule has 2 heterocycles. The Labute approximate surface area is 243 Å². The van der Waals surface area contributed by atoms with E-state index in [1.54, 1.807) is 24.5 Å². The molecule has 2 aromatic heterocycles. The van der Waals surface area contributed by atoms with Gasteiger partial charge in [-0.25, -0.2) is 4.39 Å². The Morgan fingerprint density at radius 2 is 1.66 bits per heavy atom. The van der Waals surface area contributed by atoms with Gasteiger partial charge in [0.2, 0.25) is 0 Å². The second-order valence-electron chi connectivity index (χ2n) is 10.4. The van der Waals surface area contributed by atoms with Gasteiger partial charge in [-0.05, 0) is 61.1 Å². The van der Waals surface area contributed by atoms with Crippen LogP contribution in [0.3, 0.4) is 0 Å². The lowest BCUT2D eigenvalue weighted by molar-refractivity contribution is -0.146. The van der Waals surface area contributed by atoms with Crippen molar-refractivity contribution >= 4 is 17.6 Å². The van der Waals surface area contributed by atoms with E-state index >= 15 is 0 Å². The first-order valence-corrected chi connectivity index (χ1v) is 14.0. The third-order valence-corrected chi connectivity index (χ3v) is 8.14. The number of benzene rings is 3. The first kappa shape index (κ1) is 26.9. The number of halogens is 2. The van der Waals surface area contributed by atoms with Crippen molar-refractivity contribution in [1.29, 1.82) is 0 Å². The van der Waals surface area contributed by atoms with Gasteiger partial charge in [0.1, 0.15) is 5.82 Å². The fraction of sp³-hybridized carbons (Fsp3) is 0.206.